The first-order chi connectivity index (χ1) is 13.0. The van der Waals surface area contributed by atoms with Crippen LogP contribution in [-0.4, -0.2) is 46.6 Å². The Morgan fingerprint density at radius 2 is 2.19 bits per heavy atom. The van der Waals surface area contributed by atoms with E-state index < -0.39 is 5.82 Å². The molecule has 1 aromatic heterocycles. The molecule has 6 nitrogen and oxygen atoms in total. The maximum atomic E-state index is 14.2. The van der Waals surface area contributed by atoms with Crippen LogP contribution in [0.15, 0.2) is 24.5 Å². The number of hydrogen-bond acceptors (Lipinski definition) is 5. The summed E-state index contributed by atoms with van der Waals surface area (Å²) in [4.78, 5) is 21.7. The fourth-order valence-corrected chi connectivity index (χ4v) is 3.21. The summed E-state index contributed by atoms with van der Waals surface area (Å²) in [5, 5.41) is 0.824. The van der Waals surface area contributed by atoms with Crippen molar-refractivity contribution >= 4 is 29.1 Å². The molecule has 1 aliphatic heterocycles. The maximum Gasteiger partial charge on any atom is 0.260 e. The van der Waals surface area contributed by atoms with Crippen molar-refractivity contribution in [1.29, 1.82) is 0 Å². The zero-order chi connectivity index (χ0) is 19.4. The molecule has 0 aliphatic carbocycles. The summed E-state index contributed by atoms with van der Waals surface area (Å²) < 4.78 is 25.3. The molecule has 1 amide bonds. The van der Waals surface area contributed by atoms with E-state index in [0.717, 1.165) is 0 Å². The molecule has 0 N–H and O–H groups in total. The number of aromatic nitrogens is 2. The van der Waals surface area contributed by atoms with Gasteiger partial charge in [0.25, 0.3) is 11.8 Å². The van der Waals surface area contributed by atoms with Crippen molar-refractivity contribution < 1.29 is 18.7 Å². The smallest absolute Gasteiger partial charge is 0.260 e. The average Bonchev–Trinajstić information content (AvgIpc) is 3.11. The molecule has 2 heterocycles. The second-order valence-electron chi connectivity index (χ2n) is 6.02. The van der Waals surface area contributed by atoms with E-state index in [0.29, 0.717) is 47.4 Å². The number of likely N-dealkylation sites (tertiary alicyclic amines) is 1. The van der Waals surface area contributed by atoms with Gasteiger partial charge in [0.1, 0.15) is 18.2 Å². The van der Waals surface area contributed by atoms with Crippen molar-refractivity contribution in [3.63, 3.8) is 0 Å². The first kappa shape index (κ1) is 19.6. The molecular formula is C18H18Cl2FN3O3. The zero-order valence-corrected chi connectivity index (χ0v) is 16.1. The summed E-state index contributed by atoms with van der Waals surface area (Å²) in [7, 11) is 0. The first-order valence-corrected chi connectivity index (χ1v) is 9.25. The van der Waals surface area contributed by atoms with Gasteiger partial charge in [0.05, 0.1) is 17.3 Å². The van der Waals surface area contributed by atoms with Crippen LogP contribution in [0.2, 0.25) is 10.0 Å². The quantitative estimate of drug-likeness (QED) is 0.724. The molecular weight excluding hydrogens is 396 g/mol. The standard InChI is InChI=1S/C18H18Cl2FN3O3/c1-2-14-17(21)18(23-10-22-14)27-12-5-6-24(8-12)16(25)9-26-15-4-3-11(19)7-13(15)20/h3-4,7,10,12H,2,5-6,8-9H2,1H3/t12-/m0/s1. The summed E-state index contributed by atoms with van der Waals surface area (Å²) in [6, 6.07) is 4.79. The van der Waals surface area contributed by atoms with Crippen molar-refractivity contribution in [1.82, 2.24) is 14.9 Å². The number of amides is 1. The molecule has 1 fully saturated rings. The minimum Gasteiger partial charge on any atom is -0.482 e. The molecule has 27 heavy (non-hydrogen) atoms. The average molecular weight is 414 g/mol. The van der Waals surface area contributed by atoms with E-state index in [1.54, 1.807) is 30.0 Å². The van der Waals surface area contributed by atoms with Gasteiger partial charge >= 0.3 is 0 Å². The number of nitrogens with zero attached hydrogens (tertiary/aromatic N) is 3. The monoisotopic (exact) mass is 413 g/mol. The van der Waals surface area contributed by atoms with Crippen LogP contribution in [0.25, 0.3) is 0 Å². The largest absolute Gasteiger partial charge is 0.482 e. The Morgan fingerprint density at radius 1 is 1.37 bits per heavy atom. The molecule has 0 bridgehead atoms. The molecule has 3 rings (SSSR count). The Hall–Kier alpha value is -2.12. The normalized spacial score (nSPS) is 16.4. The van der Waals surface area contributed by atoms with Crippen LogP contribution in [-0.2, 0) is 11.2 Å². The topological polar surface area (TPSA) is 64.6 Å². The van der Waals surface area contributed by atoms with Gasteiger partial charge in [-0.25, -0.2) is 4.98 Å². The number of benzene rings is 1. The number of carbonyl (C=O) groups excluding carboxylic acids is 1. The Morgan fingerprint density at radius 3 is 2.93 bits per heavy atom. The third-order valence-corrected chi connectivity index (χ3v) is 4.72. The van der Waals surface area contributed by atoms with Crippen LogP contribution in [0, 0.1) is 5.82 Å². The fraction of sp³-hybridized carbons (Fsp3) is 0.389. The lowest BCUT2D eigenvalue weighted by atomic mass is 10.3. The second kappa shape index (κ2) is 8.71. The van der Waals surface area contributed by atoms with E-state index in [4.69, 9.17) is 32.7 Å². The molecule has 2 aromatic rings. The van der Waals surface area contributed by atoms with Crippen LogP contribution in [0.4, 0.5) is 4.39 Å². The van der Waals surface area contributed by atoms with E-state index in [-0.39, 0.29) is 24.5 Å². The molecule has 0 radical (unpaired) electrons. The van der Waals surface area contributed by atoms with E-state index in [2.05, 4.69) is 9.97 Å². The second-order valence-corrected chi connectivity index (χ2v) is 6.87. The zero-order valence-electron chi connectivity index (χ0n) is 14.6. The number of halogens is 3. The van der Waals surface area contributed by atoms with Crippen LogP contribution >= 0.6 is 23.2 Å². The first-order valence-electron chi connectivity index (χ1n) is 8.49. The predicted octanol–water partition coefficient (Wildman–Crippen LogP) is 3.54. The highest BCUT2D eigenvalue weighted by molar-refractivity contribution is 6.35. The van der Waals surface area contributed by atoms with Crippen molar-refractivity contribution in [2.45, 2.75) is 25.9 Å². The maximum absolute atomic E-state index is 14.2. The van der Waals surface area contributed by atoms with Gasteiger partial charge < -0.3 is 14.4 Å². The molecule has 0 unspecified atom stereocenters. The molecule has 0 spiro atoms. The SMILES string of the molecule is CCc1ncnc(O[C@H]2CCN(C(=O)COc3ccc(Cl)cc3Cl)C2)c1F. The summed E-state index contributed by atoms with van der Waals surface area (Å²) >= 11 is 11.9. The molecule has 0 saturated carbocycles. The van der Waals surface area contributed by atoms with Crippen LogP contribution in [0.1, 0.15) is 19.0 Å². The number of carbonyl (C=O) groups is 1. The van der Waals surface area contributed by atoms with Crippen molar-refractivity contribution in [3.05, 3.63) is 46.1 Å². The van der Waals surface area contributed by atoms with Gasteiger partial charge in [-0.2, -0.15) is 9.37 Å². The molecule has 144 valence electrons. The molecule has 1 atom stereocenters. The highest BCUT2D eigenvalue weighted by atomic mass is 35.5. The van der Waals surface area contributed by atoms with Crippen molar-refractivity contribution in [2.24, 2.45) is 0 Å². The summed E-state index contributed by atoms with van der Waals surface area (Å²) in [6.45, 7) is 2.48. The lowest BCUT2D eigenvalue weighted by Gasteiger charge is -2.18. The van der Waals surface area contributed by atoms with Gasteiger partial charge in [-0.15, -0.1) is 0 Å². The predicted molar refractivity (Wildman–Crippen MR) is 98.9 cm³/mol. The third-order valence-electron chi connectivity index (χ3n) is 4.19. The molecule has 1 aliphatic rings. The lowest BCUT2D eigenvalue weighted by Crippen LogP contribution is -2.34. The number of aryl methyl sites for hydroxylation is 1. The van der Waals surface area contributed by atoms with Gasteiger partial charge in [-0.1, -0.05) is 30.1 Å². The summed E-state index contributed by atoms with van der Waals surface area (Å²) in [6.07, 6.45) is 1.98. The number of hydrogen-bond donors (Lipinski definition) is 0. The Labute approximate surface area is 166 Å². The minimum absolute atomic E-state index is 0.0784. The molecule has 9 heteroatoms. The van der Waals surface area contributed by atoms with Gasteiger partial charge in [-0.3, -0.25) is 4.79 Å². The van der Waals surface area contributed by atoms with E-state index in [1.807, 2.05) is 0 Å². The van der Waals surface area contributed by atoms with Gasteiger partial charge in [0, 0.05) is 18.0 Å². The number of rotatable bonds is 6. The van der Waals surface area contributed by atoms with Gasteiger partial charge in [0.15, 0.2) is 6.61 Å². The van der Waals surface area contributed by atoms with Crippen LogP contribution < -0.4 is 9.47 Å². The molecule has 1 aromatic carbocycles. The lowest BCUT2D eigenvalue weighted by molar-refractivity contribution is -0.132. The Balaban J connectivity index is 1.54. The molecule has 1 saturated heterocycles. The summed E-state index contributed by atoms with van der Waals surface area (Å²) in [5.41, 5.74) is 0.305. The van der Waals surface area contributed by atoms with E-state index in [1.165, 1.54) is 6.33 Å². The van der Waals surface area contributed by atoms with Crippen LogP contribution in [0.5, 0.6) is 11.6 Å². The fourth-order valence-electron chi connectivity index (χ4n) is 2.75. The van der Waals surface area contributed by atoms with E-state index >= 15 is 0 Å². The van der Waals surface area contributed by atoms with Crippen LogP contribution in [0.3, 0.4) is 0 Å². The highest BCUT2D eigenvalue weighted by Gasteiger charge is 2.29. The minimum atomic E-state index is -0.550. The van der Waals surface area contributed by atoms with E-state index in [9.17, 15) is 9.18 Å². The third kappa shape index (κ3) is 4.78. The highest BCUT2D eigenvalue weighted by Crippen LogP contribution is 2.27. The van der Waals surface area contributed by atoms with Crippen molar-refractivity contribution in [3.8, 4) is 11.6 Å². The number of ether oxygens (including phenoxy) is 2. The van der Waals surface area contributed by atoms with Crippen molar-refractivity contribution in [2.75, 3.05) is 19.7 Å². The summed E-state index contributed by atoms with van der Waals surface area (Å²) in [5.74, 6) is -0.447. The van der Waals surface area contributed by atoms with Gasteiger partial charge in [-0.05, 0) is 24.6 Å². The Bertz CT molecular complexity index is 837. The Kier molecular flexibility index (Phi) is 6.34. The van der Waals surface area contributed by atoms with Gasteiger partial charge in [0.2, 0.25) is 5.82 Å².